The molecule has 0 fully saturated rings. The van der Waals surface area contributed by atoms with Crippen LogP contribution in [0.1, 0.15) is 16.1 Å². The van der Waals surface area contributed by atoms with Gasteiger partial charge >= 0.3 is 0 Å². The number of hydrogen-bond donors (Lipinski definition) is 1. The van der Waals surface area contributed by atoms with E-state index in [-0.39, 0.29) is 11.1 Å². The number of nitrogens with zero attached hydrogens (tertiary/aromatic N) is 2. The van der Waals surface area contributed by atoms with Gasteiger partial charge in [-0.1, -0.05) is 35.9 Å². The smallest absolute Gasteiger partial charge is 0.274 e. The lowest BCUT2D eigenvalue weighted by Crippen LogP contribution is -2.14. The van der Waals surface area contributed by atoms with Crippen LogP contribution < -0.4 is 5.32 Å². The van der Waals surface area contributed by atoms with Crippen molar-refractivity contribution in [3.8, 4) is 0 Å². The van der Waals surface area contributed by atoms with E-state index < -0.39 is 0 Å². The van der Waals surface area contributed by atoms with Crippen molar-refractivity contribution < 1.29 is 4.79 Å². The average molecular weight is 298 g/mol. The van der Waals surface area contributed by atoms with Crippen LogP contribution in [0.25, 0.3) is 10.9 Å². The predicted octanol–water partition coefficient (Wildman–Crippen LogP) is 3.84. The van der Waals surface area contributed by atoms with Crippen LogP contribution in [0.15, 0.2) is 48.7 Å². The largest absolute Gasteiger partial charge is 0.318 e. The summed E-state index contributed by atoms with van der Waals surface area (Å²) in [6, 6.07) is 13.0. The molecule has 0 unspecified atom stereocenters. The summed E-state index contributed by atoms with van der Waals surface area (Å²) in [4.78, 5) is 20.6. The maximum Gasteiger partial charge on any atom is 0.274 e. The zero-order valence-corrected chi connectivity index (χ0v) is 12.1. The van der Waals surface area contributed by atoms with E-state index in [0.29, 0.717) is 11.4 Å². The number of rotatable bonds is 2. The Morgan fingerprint density at radius 3 is 2.86 bits per heavy atom. The van der Waals surface area contributed by atoms with E-state index in [9.17, 15) is 4.79 Å². The summed E-state index contributed by atoms with van der Waals surface area (Å²) in [5.74, 6) is -0.310. The maximum atomic E-state index is 12.3. The van der Waals surface area contributed by atoms with Crippen LogP contribution in [0.5, 0.6) is 0 Å². The summed E-state index contributed by atoms with van der Waals surface area (Å²) in [6.45, 7) is 1.88. The van der Waals surface area contributed by atoms with Crippen molar-refractivity contribution >= 4 is 34.1 Å². The highest BCUT2D eigenvalue weighted by Crippen LogP contribution is 2.20. The van der Waals surface area contributed by atoms with Gasteiger partial charge in [-0.15, -0.1) is 0 Å². The Kier molecular flexibility index (Phi) is 3.54. The molecule has 5 heteroatoms. The maximum absolute atomic E-state index is 12.3. The number of para-hydroxylation sites is 1. The van der Waals surface area contributed by atoms with Crippen molar-refractivity contribution in [2.75, 3.05) is 5.32 Å². The van der Waals surface area contributed by atoms with Gasteiger partial charge in [0.05, 0.1) is 11.2 Å². The molecule has 0 atom stereocenters. The molecule has 3 rings (SSSR count). The Morgan fingerprint density at radius 1 is 1.19 bits per heavy atom. The topological polar surface area (TPSA) is 54.9 Å². The number of nitrogens with one attached hydrogen (secondary N) is 1. The Balaban J connectivity index is 1.91. The van der Waals surface area contributed by atoms with Crippen molar-refractivity contribution in [1.82, 2.24) is 9.97 Å². The minimum absolute atomic E-state index is 0.259. The number of halogens is 1. The molecule has 4 nitrogen and oxygen atoms in total. The van der Waals surface area contributed by atoms with Gasteiger partial charge in [0.25, 0.3) is 5.91 Å². The molecule has 2 heterocycles. The van der Waals surface area contributed by atoms with Crippen molar-refractivity contribution in [2.45, 2.75) is 6.92 Å². The standard InChI is InChI=1S/C16H12ClN3O/c1-10-8-14(15(17)18-9-10)20-16(21)13-7-6-11-4-2-3-5-12(11)19-13/h2-9H,1H3,(H,20,21). The molecule has 0 aliphatic carbocycles. The van der Waals surface area contributed by atoms with Gasteiger partial charge in [0, 0.05) is 11.6 Å². The molecule has 0 aliphatic rings. The third-order valence-electron chi connectivity index (χ3n) is 3.06. The normalized spacial score (nSPS) is 10.6. The minimum Gasteiger partial charge on any atom is -0.318 e. The van der Waals surface area contributed by atoms with Gasteiger partial charge in [-0.2, -0.15) is 0 Å². The lowest BCUT2D eigenvalue weighted by atomic mass is 10.2. The Morgan fingerprint density at radius 2 is 2.00 bits per heavy atom. The number of pyridine rings is 2. The van der Waals surface area contributed by atoms with Crippen LogP contribution in [0.2, 0.25) is 5.15 Å². The van der Waals surface area contributed by atoms with Crippen LogP contribution in [0.3, 0.4) is 0 Å². The van der Waals surface area contributed by atoms with E-state index in [1.54, 1.807) is 18.3 Å². The molecule has 21 heavy (non-hydrogen) atoms. The molecule has 0 saturated carbocycles. The summed E-state index contributed by atoms with van der Waals surface area (Å²) in [6.07, 6.45) is 1.65. The number of aryl methyl sites for hydroxylation is 1. The molecule has 0 saturated heterocycles. The molecule has 1 N–H and O–H groups in total. The second-order valence-corrected chi connectivity index (χ2v) is 5.05. The van der Waals surface area contributed by atoms with Crippen molar-refractivity contribution in [1.29, 1.82) is 0 Å². The molecule has 0 radical (unpaired) electrons. The molecule has 0 bridgehead atoms. The lowest BCUT2D eigenvalue weighted by molar-refractivity contribution is 0.102. The highest BCUT2D eigenvalue weighted by molar-refractivity contribution is 6.32. The van der Waals surface area contributed by atoms with Gasteiger partial charge in [-0.3, -0.25) is 4.79 Å². The molecule has 104 valence electrons. The minimum atomic E-state index is -0.310. The number of aromatic nitrogens is 2. The first-order valence-corrected chi connectivity index (χ1v) is 6.80. The van der Waals surface area contributed by atoms with Crippen LogP contribution in [-0.2, 0) is 0 Å². The summed E-state index contributed by atoms with van der Waals surface area (Å²) in [5, 5.41) is 3.99. The first-order valence-electron chi connectivity index (χ1n) is 6.43. The van der Waals surface area contributed by atoms with Crippen molar-refractivity contribution in [2.24, 2.45) is 0 Å². The number of carbonyl (C=O) groups excluding carboxylic acids is 1. The van der Waals surface area contributed by atoms with Gasteiger partial charge in [0.1, 0.15) is 5.69 Å². The van der Waals surface area contributed by atoms with E-state index in [1.165, 1.54) is 0 Å². The molecule has 0 aliphatic heterocycles. The molecular weight excluding hydrogens is 286 g/mol. The van der Waals surface area contributed by atoms with E-state index in [0.717, 1.165) is 16.5 Å². The number of benzene rings is 1. The Bertz CT molecular complexity index is 833. The second kappa shape index (κ2) is 5.50. The highest BCUT2D eigenvalue weighted by atomic mass is 35.5. The fourth-order valence-electron chi connectivity index (χ4n) is 2.02. The monoisotopic (exact) mass is 297 g/mol. The summed E-state index contributed by atoms with van der Waals surface area (Å²) in [7, 11) is 0. The molecular formula is C16H12ClN3O. The number of carbonyl (C=O) groups is 1. The SMILES string of the molecule is Cc1cnc(Cl)c(NC(=O)c2ccc3ccccc3n2)c1. The summed E-state index contributed by atoms with van der Waals surface area (Å²) in [5.41, 5.74) is 2.52. The third kappa shape index (κ3) is 2.85. The van der Waals surface area contributed by atoms with E-state index in [1.807, 2.05) is 37.3 Å². The van der Waals surface area contributed by atoms with E-state index >= 15 is 0 Å². The molecule has 0 spiro atoms. The zero-order chi connectivity index (χ0) is 14.8. The van der Waals surface area contributed by atoms with Crippen molar-refractivity contribution in [3.63, 3.8) is 0 Å². The summed E-state index contributed by atoms with van der Waals surface area (Å²) < 4.78 is 0. The average Bonchev–Trinajstić information content (AvgIpc) is 2.50. The van der Waals surface area contributed by atoms with Crippen LogP contribution in [0.4, 0.5) is 5.69 Å². The fraction of sp³-hybridized carbons (Fsp3) is 0.0625. The van der Waals surface area contributed by atoms with E-state index in [2.05, 4.69) is 15.3 Å². The van der Waals surface area contributed by atoms with Crippen LogP contribution in [0, 0.1) is 6.92 Å². The predicted molar refractivity (Wildman–Crippen MR) is 83.7 cm³/mol. The first-order chi connectivity index (χ1) is 10.1. The quantitative estimate of drug-likeness (QED) is 0.731. The van der Waals surface area contributed by atoms with Gasteiger partial charge in [0.2, 0.25) is 0 Å². The number of anilines is 1. The van der Waals surface area contributed by atoms with Crippen LogP contribution in [-0.4, -0.2) is 15.9 Å². The number of hydrogen-bond acceptors (Lipinski definition) is 3. The van der Waals surface area contributed by atoms with Crippen molar-refractivity contribution in [3.05, 3.63) is 65.1 Å². The molecule has 3 aromatic rings. The molecule has 2 aromatic heterocycles. The van der Waals surface area contributed by atoms with Crippen LogP contribution >= 0.6 is 11.6 Å². The van der Waals surface area contributed by atoms with Gasteiger partial charge in [-0.25, -0.2) is 9.97 Å². The lowest BCUT2D eigenvalue weighted by Gasteiger charge is -2.07. The highest BCUT2D eigenvalue weighted by Gasteiger charge is 2.11. The third-order valence-corrected chi connectivity index (χ3v) is 3.36. The molecule has 1 amide bonds. The fourth-order valence-corrected chi connectivity index (χ4v) is 2.17. The van der Waals surface area contributed by atoms with Gasteiger partial charge in [-0.05, 0) is 30.7 Å². The first kappa shape index (κ1) is 13.5. The van der Waals surface area contributed by atoms with Gasteiger partial charge in [0.15, 0.2) is 5.15 Å². The number of amides is 1. The molecule has 1 aromatic carbocycles. The van der Waals surface area contributed by atoms with E-state index in [4.69, 9.17) is 11.6 Å². The Labute approximate surface area is 126 Å². The number of fused-ring (bicyclic) bond motifs is 1. The van der Waals surface area contributed by atoms with Gasteiger partial charge < -0.3 is 5.32 Å². The summed E-state index contributed by atoms with van der Waals surface area (Å²) >= 11 is 5.98. The second-order valence-electron chi connectivity index (χ2n) is 4.69. The zero-order valence-electron chi connectivity index (χ0n) is 11.3. The Hall–Kier alpha value is -2.46.